The van der Waals surface area contributed by atoms with Gasteiger partial charge in [0.2, 0.25) is 0 Å². The number of carbonyl (C=O) groups excluding carboxylic acids is 2. The molecule has 212 valence electrons. The highest BCUT2D eigenvalue weighted by molar-refractivity contribution is 7.14. The van der Waals surface area contributed by atoms with Crippen LogP contribution in [0.3, 0.4) is 0 Å². The predicted octanol–water partition coefficient (Wildman–Crippen LogP) is 6.40. The third-order valence-corrected chi connectivity index (χ3v) is 7.57. The van der Waals surface area contributed by atoms with E-state index < -0.39 is 29.7 Å². The second-order valence-electron chi connectivity index (χ2n) is 9.88. The zero-order valence-electron chi connectivity index (χ0n) is 22.5. The van der Waals surface area contributed by atoms with Gasteiger partial charge >= 0.3 is 12.1 Å². The van der Waals surface area contributed by atoms with Gasteiger partial charge in [-0.15, -0.1) is 11.3 Å². The normalized spacial score (nSPS) is 19.1. The second-order valence-corrected chi connectivity index (χ2v) is 11.0. The Bertz CT molecular complexity index is 1220. The third-order valence-electron chi connectivity index (χ3n) is 6.42. The summed E-state index contributed by atoms with van der Waals surface area (Å²) in [6, 6.07) is 8.78. The van der Waals surface area contributed by atoms with Gasteiger partial charge < -0.3 is 19.9 Å². The third kappa shape index (κ3) is 7.73. The molecule has 10 heteroatoms. The topological polar surface area (TPSA) is 84.9 Å². The summed E-state index contributed by atoms with van der Waals surface area (Å²) >= 11 is 1.26. The number of rotatable bonds is 10. The number of nitrogens with one attached hydrogen (secondary N) is 1. The summed E-state index contributed by atoms with van der Waals surface area (Å²) in [6.45, 7) is 9.46. The predicted molar refractivity (Wildman–Crippen MR) is 143 cm³/mol. The van der Waals surface area contributed by atoms with Crippen molar-refractivity contribution in [3.8, 4) is 0 Å². The van der Waals surface area contributed by atoms with E-state index in [1.807, 2.05) is 45.9 Å². The van der Waals surface area contributed by atoms with Crippen LogP contribution in [0.1, 0.15) is 72.3 Å². The average Bonchev–Trinajstić information content (AvgIpc) is 3.35. The van der Waals surface area contributed by atoms with Crippen LogP contribution in [0.5, 0.6) is 0 Å². The van der Waals surface area contributed by atoms with Crippen LogP contribution < -0.4 is 5.32 Å². The lowest BCUT2D eigenvalue weighted by atomic mass is 9.78. The molecule has 2 aromatic rings. The number of ether oxygens (including phenoxy) is 2. The van der Waals surface area contributed by atoms with Crippen LogP contribution >= 0.6 is 11.3 Å². The smallest absolute Gasteiger partial charge is 0.416 e. The molecule has 6 nitrogen and oxygen atoms in total. The Morgan fingerprint density at radius 3 is 2.36 bits per heavy atom. The molecule has 0 aliphatic heterocycles. The summed E-state index contributed by atoms with van der Waals surface area (Å²) in [5.41, 5.74) is 1.12. The van der Waals surface area contributed by atoms with Gasteiger partial charge in [-0.25, -0.2) is 4.79 Å². The molecule has 1 amide bonds. The highest BCUT2D eigenvalue weighted by Crippen LogP contribution is 2.41. The van der Waals surface area contributed by atoms with E-state index in [0.717, 1.165) is 28.1 Å². The van der Waals surface area contributed by atoms with Gasteiger partial charge in [-0.3, -0.25) is 4.79 Å². The molecule has 0 saturated heterocycles. The molecule has 39 heavy (non-hydrogen) atoms. The number of alkyl halides is 3. The number of hydrogen-bond acceptors (Lipinski definition) is 6. The molecule has 0 bridgehead atoms. The minimum Gasteiger partial charge on any atom is -0.485 e. The van der Waals surface area contributed by atoms with Crippen molar-refractivity contribution in [2.24, 2.45) is 11.8 Å². The molecule has 3 rings (SSSR count). The van der Waals surface area contributed by atoms with Crippen LogP contribution in [-0.2, 0) is 20.4 Å². The monoisotopic (exact) mass is 565 g/mol. The van der Waals surface area contributed by atoms with Crippen molar-refractivity contribution in [3.63, 3.8) is 0 Å². The van der Waals surface area contributed by atoms with Gasteiger partial charge in [-0.2, -0.15) is 13.2 Å². The molecule has 0 saturated carbocycles. The summed E-state index contributed by atoms with van der Waals surface area (Å²) in [4.78, 5) is 25.4. The number of thiophene rings is 1. The fourth-order valence-corrected chi connectivity index (χ4v) is 5.67. The van der Waals surface area contributed by atoms with Gasteiger partial charge in [-0.05, 0) is 67.7 Å². The minimum atomic E-state index is -4.37. The number of esters is 1. The number of carbonyl (C=O) groups is 2. The first-order valence-corrected chi connectivity index (χ1v) is 13.6. The lowest BCUT2D eigenvalue weighted by Crippen LogP contribution is -2.37. The molecular weight excluding hydrogens is 531 g/mol. The van der Waals surface area contributed by atoms with Crippen molar-refractivity contribution in [3.05, 3.63) is 80.8 Å². The van der Waals surface area contributed by atoms with E-state index >= 15 is 0 Å². The van der Waals surface area contributed by atoms with Crippen molar-refractivity contribution >= 4 is 23.2 Å². The Morgan fingerprint density at radius 2 is 1.79 bits per heavy atom. The largest absolute Gasteiger partial charge is 0.485 e. The number of aliphatic hydroxyl groups excluding tert-OH is 1. The lowest BCUT2D eigenvalue weighted by Gasteiger charge is -2.30. The van der Waals surface area contributed by atoms with Crippen LogP contribution in [0.15, 0.2) is 59.9 Å². The van der Waals surface area contributed by atoms with E-state index in [-0.39, 0.29) is 37.0 Å². The maximum Gasteiger partial charge on any atom is 0.416 e. The van der Waals surface area contributed by atoms with Crippen molar-refractivity contribution in [2.75, 3.05) is 13.2 Å². The Morgan fingerprint density at radius 1 is 1.13 bits per heavy atom. The van der Waals surface area contributed by atoms with E-state index in [4.69, 9.17) is 9.47 Å². The quantitative estimate of drug-likeness (QED) is 0.326. The summed E-state index contributed by atoms with van der Waals surface area (Å²) in [5.74, 6) is -0.555. The summed E-state index contributed by atoms with van der Waals surface area (Å²) in [5, 5.41) is 12.4. The van der Waals surface area contributed by atoms with E-state index in [2.05, 4.69) is 5.32 Å². The molecule has 0 spiro atoms. The van der Waals surface area contributed by atoms with Gasteiger partial charge in [-0.1, -0.05) is 38.5 Å². The highest BCUT2D eigenvalue weighted by Gasteiger charge is 2.32. The lowest BCUT2D eigenvalue weighted by molar-refractivity contribution is -0.152. The Kier molecular flexibility index (Phi) is 10.0. The van der Waals surface area contributed by atoms with E-state index in [1.165, 1.54) is 23.5 Å². The van der Waals surface area contributed by atoms with E-state index in [0.29, 0.717) is 10.6 Å². The second kappa shape index (κ2) is 12.8. The van der Waals surface area contributed by atoms with E-state index in [1.54, 1.807) is 13.0 Å². The molecule has 2 N–H and O–H groups in total. The number of halogens is 3. The number of amides is 1. The first-order chi connectivity index (χ1) is 18.3. The van der Waals surface area contributed by atoms with Crippen LogP contribution in [0.25, 0.3) is 0 Å². The zero-order valence-corrected chi connectivity index (χ0v) is 23.4. The molecule has 1 aromatic heterocycles. The van der Waals surface area contributed by atoms with Crippen LogP contribution in [-0.4, -0.2) is 36.2 Å². The first-order valence-electron chi connectivity index (χ1n) is 12.8. The maximum atomic E-state index is 13.0. The molecular formula is C29H34F3NO5S. The fourth-order valence-electron chi connectivity index (χ4n) is 4.55. The zero-order chi connectivity index (χ0) is 28.9. The summed E-state index contributed by atoms with van der Waals surface area (Å²) in [7, 11) is 0. The van der Waals surface area contributed by atoms with Gasteiger partial charge in [0, 0.05) is 10.8 Å². The van der Waals surface area contributed by atoms with Crippen LogP contribution in [0, 0.1) is 11.8 Å². The minimum absolute atomic E-state index is 0.00921. The van der Waals surface area contributed by atoms with Crippen molar-refractivity contribution in [2.45, 2.75) is 58.9 Å². The van der Waals surface area contributed by atoms with Gasteiger partial charge in [0.05, 0.1) is 23.6 Å². The molecule has 0 radical (unpaired) electrons. The molecule has 1 heterocycles. The molecule has 0 fully saturated rings. The van der Waals surface area contributed by atoms with E-state index in [9.17, 15) is 27.9 Å². The number of allylic oxidation sites excluding steroid dienone is 3. The van der Waals surface area contributed by atoms with Crippen molar-refractivity contribution < 1.29 is 37.3 Å². The Balaban J connectivity index is 1.69. The standard InChI is InChI=1S/C29H34F3NO5S/c1-6-37-28(36)22(34)15-33-27(35)24-12-11-23(39-24)26(16(2)3)38-21-13-17(4)25(18(5)14-21)19-7-9-20(10-8-19)29(30,31)32/h7-14,16-17,22,25-26,34H,6,15H2,1-5H3,(H,33,35)/t17?,22-,25-,26?/m0/s1. The maximum absolute atomic E-state index is 13.0. The number of benzene rings is 1. The molecule has 1 aliphatic carbocycles. The molecule has 2 unspecified atom stereocenters. The summed E-state index contributed by atoms with van der Waals surface area (Å²) < 4.78 is 50.1. The van der Waals surface area contributed by atoms with Gasteiger partial charge in [0.25, 0.3) is 5.91 Å². The number of hydrogen-bond donors (Lipinski definition) is 2. The number of aliphatic hydroxyl groups is 1. The molecule has 1 aliphatic rings. The molecule has 1 aromatic carbocycles. The van der Waals surface area contributed by atoms with Crippen LogP contribution in [0.2, 0.25) is 0 Å². The molecule has 4 atom stereocenters. The van der Waals surface area contributed by atoms with Crippen molar-refractivity contribution in [1.29, 1.82) is 0 Å². The average molecular weight is 566 g/mol. The van der Waals surface area contributed by atoms with Crippen molar-refractivity contribution in [1.82, 2.24) is 5.32 Å². The Hall–Kier alpha value is -3.11. The highest BCUT2D eigenvalue weighted by atomic mass is 32.1. The van der Waals surface area contributed by atoms with Crippen LogP contribution in [0.4, 0.5) is 13.2 Å². The first kappa shape index (κ1) is 30.4. The van der Waals surface area contributed by atoms with Gasteiger partial charge in [0.15, 0.2) is 6.10 Å². The Labute approximate surface area is 230 Å². The SMILES string of the molecule is CCOC(=O)[C@@H](O)CNC(=O)c1ccc(C(OC2=CC(C)[C@H](c3ccc(C(F)(F)F)cc3)C(C)=C2)C(C)C)s1. The summed E-state index contributed by atoms with van der Waals surface area (Å²) in [6.07, 6.45) is -2.27. The fraction of sp³-hybridized carbons (Fsp3) is 0.448. The van der Waals surface area contributed by atoms with Gasteiger partial charge in [0.1, 0.15) is 11.9 Å².